The van der Waals surface area contributed by atoms with Crippen molar-refractivity contribution in [1.29, 1.82) is 0 Å². The van der Waals surface area contributed by atoms with Crippen LogP contribution in [0.4, 0.5) is 5.69 Å². The number of hydrogen-bond donors (Lipinski definition) is 2. The molecule has 116 valence electrons. The van der Waals surface area contributed by atoms with Crippen LogP contribution in [0.2, 0.25) is 0 Å². The van der Waals surface area contributed by atoms with Gasteiger partial charge in [0.25, 0.3) is 0 Å². The Morgan fingerprint density at radius 2 is 2.29 bits per heavy atom. The number of hydrogen-bond acceptors (Lipinski definition) is 4. The van der Waals surface area contributed by atoms with Crippen LogP contribution in [-0.2, 0) is 4.79 Å². The van der Waals surface area contributed by atoms with Crippen LogP contribution in [0.1, 0.15) is 40.5 Å². The van der Waals surface area contributed by atoms with Gasteiger partial charge in [-0.1, -0.05) is 13.8 Å². The zero-order valence-electron chi connectivity index (χ0n) is 13.3. The van der Waals surface area contributed by atoms with E-state index in [4.69, 9.17) is 4.74 Å². The third-order valence-corrected chi connectivity index (χ3v) is 3.77. The minimum atomic E-state index is -0.196. The topological polar surface area (TPSA) is 63.2 Å². The summed E-state index contributed by atoms with van der Waals surface area (Å²) in [6.45, 7) is 9.00. The van der Waals surface area contributed by atoms with Gasteiger partial charge in [0.1, 0.15) is 5.69 Å². The predicted molar refractivity (Wildman–Crippen MR) is 83.4 cm³/mol. The monoisotopic (exact) mass is 291 g/mol. The Morgan fingerprint density at radius 3 is 2.95 bits per heavy atom. The Balaban J connectivity index is 2.12. The van der Waals surface area contributed by atoms with Crippen molar-refractivity contribution in [2.24, 2.45) is 5.41 Å². The Bertz CT molecular complexity index is 500. The molecule has 1 aliphatic heterocycles. The number of pyridine rings is 1. The summed E-state index contributed by atoms with van der Waals surface area (Å²) < 4.78 is 5.64. The van der Waals surface area contributed by atoms with Gasteiger partial charge in [-0.3, -0.25) is 4.79 Å². The standard InChI is InChI=1S/C16H25N3O2/c1-11(2)21-15-12(7-5-9-18-15)19-14(20)13-16(3,4)8-6-10-17-13/h5,7,9,11,13,17H,6,8,10H2,1-4H3,(H,19,20). The number of aromatic nitrogens is 1. The van der Waals surface area contributed by atoms with Gasteiger partial charge in [0.15, 0.2) is 0 Å². The first-order valence-corrected chi connectivity index (χ1v) is 7.56. The lowest BCUT2D eigenvalue weighted by Crippen LogP contribution is -2.53. The van der Waals surface area contributed by atoms with Crippen LogP contribution in [0, 0.1) is 5.41 Å². The van der Waals surface area contributed by atoms with Crippen molar-refractivity contribution in [3.63, 3.8) is 0 Å². The number of amides is 1. The molecular weight excluding hydrogens is 266 g/mol. The van der Waals surface area contributed by atoms with Gasteiger partial charge >= 0.3 is 0 Å². The van der Waals surface area contributed by atoms with Crippen molar-refractivity contribution < 1.29 is 9.53 Å². The summed E-state index contributed by atoms with van der Waals surface area (Å²) in [6.07, 6.45) is 3.82. The smallest absolute Gasteiger partial charge is 0.242 e. The zero-order chi connectivity index (χ0) is 15.5. The van der Waals surface area contributed by atoms with Crippen molar-refractivity contribution in [2.45, 2.75) is 52.7 Å². The molecule has 1 atom stereocenters. The summed E-state index contributed by atoms with van der Waals surface area (Å²) in [4.78, 5) is 16.8. The fraction of sp³-hybridized carbons (Fsp3) is 0.625. The Morgan fingerprint density at radius 1 is 1.52 bits per heavy atom. The van der Waals surface area contributed by atoms with E-state index in [0.29, 0.717) is 11.6 Å². The second-order valence-electron chi connectivity index (χ2n) is 6.49. The van der Waals surface area contributed by atoms with E-state index in [1.54, 1.807) is 12.3 Å². The number of nitrogens with zero attached hydrogens (tertiary/aromatic N) is 1. The molecule has 1 aliphatic rings. The van der Waals surface area contributed by atoms with Gasteiger partial charge in [-0.15, -0.1) is 0 Å². The van der Waals surface area contributed by atoms with Crippen LogP contribution in [0.5, 0.6) is 5.88 Å². The van der Waals surface area contributed by atoms with Crippen LogP contribution >= 0.6 is 0 Å². The molecule has 0 aliphatic carbocycles. The largest absolute Gasteiger partial charge is 0.473 e. The van der Waals surface area contributed by atoms with E-state index in [1.165, 1.54) is 0 Å². The maximum atomic E-state index is 12.6. The van der Waals surface area contributed by atoms with Gasteiger partial charge in [-0.05, 0) is 50.8 Å². The van der Waals surface area contributed by atoms with Gasteiger partial charge in [0.2, 0.25) is 11.8 Å². The highest BCUT2D eigenvalue weighted by Gasteiger charge is 2.37. The number of rotatable bonds is 4. The molecule has 5 nitrogen and oxygen atoms in total. The van der Waals surface area contributed by atoms with Crippen LogP contribution < -0.4 is 15.4 Å². The number of piperidine rings is 1. The van der Waals surface area contributed by atoms with Crippen molar-refractivity contribution in [2.75, 3.05) is 11.9 Å². The van der Waals surface area contributed by atoms with Crippen LogP contribution in [-0.4, -0.2) is 29.6 Å². The first kappa shape index (κ1) is 15.8. The molecule has 0 aromatic carbocycles. The maximum absolute atomic E-state index is 12.6. The van der Waals surface area contributed by atoms with E-state index in [2.05, 4.69) is 29.5 Å². The lowest BCUT2D eigenvalue weighted by atomic mass is 9.77. The molecule has 1 unspecified atom stereocenters. The predicted octanol–water partition coefficient (Wildman–Crippen LogP) is 2.59. The van der Waals surface area contributed by atoms with Crippen molar-refractivity contribution in [3.05, 3.63) is 18.3 Å². The number of anilines is 1. The average Bonchev–Trinajstić information content (AvgIpc) is 2.39. The number of carbonyl (C=O) groups excluding carboxylic acids is 1. The summed E-state index contributed by atoms with van der Waals surface area (Å²) in [7, 11) is 0. The van der Waals surface area contributed by atoms with E-state index in [1.807, 2.05) is 19.9 Å². The molecule has 1 fully saturated rings. The molecule has 2 N–H and O–H groups in total. The molecule has 1 amide bonds. The fourth-order valence-electron chi connectivity index (χ4n) is 2.67. The molecule has 0 bridgehead atoms. The molecule has 2 rings (SSSR count). The maximum Gasteiger partial charge on any atom is 0.242 e. The Hall–Kier alpha value is -1.62. The highest BCUT2D eigenvalue weighted by Crippen LogP contribution is 2.31. The molecule has 21 heavy (non-hydrogen) atoms. The number of carbonyl (C=O) groups is 1. The van der Waals surface area contributed by atoms with Gasteiger partial charge in [-0.2, -0.15) is 0 Å². The Kier molecular flexibility index (Phi) is 4.83. The van der Waals surface area contributed by atoms with Gasteiger partial charge in [0, 0.05) is 6.20 Å². The molecule has 1 aromatic rings. The third kappa shape index (κ3) is 3.94. The first-order valence-electron chi connectivity index (χ1n) is 7.56. The lowest BCUT2D eigenvalue weighted by molar-refractivity contribution is -0.121. The molecule has 1 aromatic heterocycles. The minimum absolute atomic E-state index is 0.0137. The van der Waals surface area contributed by atoms with Crippen LogP contribution in [0.3, 0.4) is 0 Å². The molecule has 0 spiro atoms. The molecule has 5 heteroatoms. The lowest BCUT2D eigenvalue weighted by Gasteiger charge is -2.38. The van der Waals surface area contributed by atoms with Gasteiger partial charge in [-0.25, -0.2) is 4.98 Å². The average molecular weight is 291 g/mol. The van der Waals surface area contributed by atoms with Crippen molar-refractivity contribution in [1.82, 2.24) is 10.3 Å². The highest BCUT2D eigenvalue weighted by atomic mass is 16.5. The molecular formula is C16H25N3O2. The zero-order valence-corrected chi connectivity index (χ0v) is 13.3. The van der Waals surface area contributed by atoms with E-state index in [9.17, 15) is 4.79 Å². The number of ether oxygens (including phenoxy) is 1. The van der Waals surface area contributed by atoms with Gasteiger partial charge in [0.05, 0.1) is 12.1 Å². The third-order valence-electron chi connectivity index (χ3n) is 3.77. The fourth-order valence-corrected chi connectivity index (χ4v) is 2.67. The first-order chi connectivity index (χ1) is 9.90. The second kappa shape index (κ2) is 6.43. The van der Waals surface area contributed by atoms with Crippen LogP contribution in [0.15, 0.2) is 18.3 Å². The second-order valence-corrected chi connectivity index (χ2v) is 6.49. The van der Waals surface area contributed by atoms with E-state index in [-0.39, 0.29) is 23.5 Å². The summed E-state index contributed by atoms with van der Waals surface area (Å²) >= 11 is 0. The normalized spacial score (nSPS) is 21.1. The van der Waals surface area contributed by atoms with E-state index < -0.39 is 0 Å². The summed E-state index contributed by atoms with van der Waals surface area (Å²) in [5.41, 5.74) is 0.572. The highest BCUT2D eigenvalue weighted by molar-refractivity contribution is 5.96. The molecule has 1 saturated heterocycles. The number of nitrogens with one attached hydrogen (secondary N) is 2. The SMILES string of the molecule is CC(C)Oc1ncccc1NC(=O)C1NCCCC1(C)C. The van der Waals surface area contributed by atoms with Gasteiger partial charge < -0.3 is 15.4 Å². The quantitative estimate of drug-likeness (QED) is 0.895. The molecule has 0 radical (unpaired) electrons. The Labute approximate surface area is 126 Å². The van der Waals surface area contributed by atoms with E-state index in [0.717, 1.165) is 19.4 Å². The summed E-state index contributed by atoms with van der Waals surface area (Å²) in [5.74, 6) is 0.441. The van der Waals surface area contributed by atoms with Crippen molar-refractivity contribution in [3.8, 4) is 5.88 Å². The van der Waals surface area contributed by atoms with Crippen LogP contribution in [0.25, 0.3) is 0 Å². The van der Waals surface area contributed by atoms with E-state index >= 15 is 0 Å². The van der Waals surface area contributed by atoms with Crippen molar-refractivity contribution >= 4 is 11.6 Å². The summed E-state index contributed by atoms with van der Waals surface area (Å²) in [5, 5.41) is 6.27. The minimum Gasteiger partial charge on any atom is -0.473 e. The molecule has 2 heterocycles. The molecule has 0 saturated carbocycles. The summed E-state index contributed by atoms with van der Waals surface area (Å²) in [6, 6.07) is 3.42.